The number of carbonyl (C=O) groups excluding carboxylic acids is 1. The van der Waals surface area contributed by atoms with Gasteiger partial charge in [-0.05, 0) is 64.7 Å². The number of carbonyl (C=O) groups is 1. The third kappa shape index (κ3) is 5.11. The summed E-state index contributed by atoms with van der Waals surface area (Å²) in [5, 5.41) is 11.1. The quantitative estimate of drug-likeness (QED) is 0.197. The lowest BCUT2D eigenvalue weighted by Crippen LogP contribution is -2.08. The van der Waals surface area contributed by atoms with Gasteiger partial charge in [-0.25, -0.2) is 13.6 Å². The summed E-state index contributed by atoms with van der Waals surface area (Å²) in [6.07, 6.45) is 0.598. The van der Waals surface area contributed by atoms with Gasteiger partial charge in [-0.2, -0.15) is 0 Å². The highest BCUT2D eigenvalue weighted by molar-refractivity contribution is 9.10. The number of hydrogen-bond acceptors (Lipinski definition) is 5. The molecule has 166 valence electrons. The first-order valence-electron chi connectivity index (χ1n) is 9.60. The molecule has 6 nitrogen and oxygen atoms in total. The van der Waals surface area contributed by atoms with Crippen LogP contribution in [0.5, 0.6) is 11.5 Å². The van der Waals surface area contributed by atoms with Gasteiger partial charge in [0, 0.05) is 23.8 Å². The summed E-state index contributed by atoms with van der Waals surface area (Å²) in [6.45, 7) is 3.64. The summed E-state index contributed by atoms with van der Waals surface area (Å²) in [5.74, 6) is -1.77. The maximum absolute atomic E-state index is 14.3. The predicted octanol–water partition coefficient (Wildman–Crippen LogP) is 6.97. The number of esters is 1. The lowest BCUT2D eigenvalue weighted by atomic mass is 10.0. The van der Waals surface area contributed by atoms with Crippen LogP contribution in [-0.2, 0) is 4.74 Å². The molecule has 9 heteroatoms. The van der Waals surface area contributed by atoms with Crippen molar-refractivity contribution in [2.75, 3.05) is 6.61 Å². The Labute approximate surface area is 191 Å². The van der Waals surface area contributed by atoms with Gasteiger partial charge in [-0.15, -0.1) is 0 Å². The first-order chi connectivity index (χ1) is 15.2. The molecule has 0 N–H and O–H groups in total. The number of nitro groups is 1. The van der Waals surface area contributed by atoms with Crippen molar-refractivity contribution < 1.29 is 28.0 Å². The molecular weight excluding hydrogens is 488 g/mol. The summed E-state index contributed by atoms with van der Waals surface area (Å²) in [4.78, 5) is 23.2. The average molecular weight is 506 g/mol. The zero-order valence-corrected chi connectivity index (χ0v) is 18.7. The molecule has 0 saturated carbocycles. The van der Waals surface area contributed by atoms with E-state index < -0.39 is 22.5 Å². The van der Waals surface area contributed by atoms with Crippen LogP contribution in [0.3, 0.4) is 0 Å². The number of halogens is 3. The van der Waals surface area contributed by atoms with Crippen molar-refractivity contribution in [3.05, 3.63) is 85.9 Å². The standard InChI is InChI=1S/C23H18BrF2NO5/c1-3-8-31-23(28)18-10-14(17-6-5-15(25)11-20(17)26)4-7-21(18)32-22-13(2)9-16(27(29)30)12-19(22)24/h4-7,9-12H,3,8H2,1-2H3. The van der Waals surface area contributed by atoms with E-state index >= 15 is 0 Å². The van der Waals surface area contributed by atoms with E-state index in [9.17, 15) is 23.7 Å². The molecule has 0 atom stereocenters. The van der Waals surface area contributed by atoms with Crippen LogP contribution >= 0.6 is 15.9 Å². The largest absolute Gasteiger partial charge is 0.462 e. The van der Waals surface area contributed by atoms with Crippen LogP contribution < -0.4 is 4.74 Å². The van der Waals surface area contributed by atoms with Gasteiger partial charge in [0.15, 0.2) is 0 Å². The minimum atomic E-state index is -0.777. The van der Waals surface area contributed by atoms with Crippen LogP contribution in [0.2, 0.25) is 0 Å². The molecule has 0 amide bonds. The predicted molar refractivity (Wildman–Crippen MR) is 118 cm³/mol. The number of non-ortho nitro benzene ring substituents is 1. The van der Waals surface area contributed by atoms with Crippen molar-refractivity contribution in [1.29, 1.82) is 0 Å². The first kappa shape index (κ1) is 23.3. The maximum Gasteiger partial charge on any atom is 0.341 e. The van der Waals surface area contributed by atoms with Gasteiger partial charge in [0.25, 0.3) is 5.69 Å². The van der Waals surface area contributed by atoms with Crippen LogP contribution in [0.25, 0.3) is 11.1 Å². The van der Waals surface area contributed by atoms with E-state index in [2.05, 4.69) is 15.9 Å². The molecule has 3 aromatic carbocycles. The van der Waals surface area contributed by atoms with Crippen LogP contribution in [0.15, 0.2) is 53.0 Å². The maximum atomic E-state index is 14.3. The average Bonchev–Trinajstić information content (AvgIpc) is 2.74. The summed E-state index contributed by atoms with van der Waals surface area (Å²) in [6, 6.07) is 10.2. The van der Waals surface area contributed by atoms with Gasteiger partial charge in [-0.1, -0.05) is 13.0 Å². The molecule has 0 aromatic heterocycles. The summed E-state index contributed by atoms with van der Waals surface area (Å²) >= 11 is 3.26. The van der Waals surface area contributed by atoms with E-state index in [1.807, 2.05) is 6.92 Å². The fourth-order valence-corrected chi connectivity index (χ4v) is 3.63. The van der Waals surface area contributed by atoms with Gasteiger partial charge in [0.1, 0.15) is 28.7 Å². The van der Waals surface area contributed by atoms with E-state index in [1.165, 1.54) is 36.4 Å². The minimum Gasteiger partial charge on any atom is -0.462 e. The Kier molecular flexibility index (Phi) is 7.19. The highest BCUT2D eigenvalue weighted by Gasteiger charge is 2.21. The zero-order chi connectivity index (χ0) is 23.4. The Hall–Kier alpha value is -3.33. The highest BCUT2D eigenvalue weighted by Crippen LogP contribution is 2.38. The normalized spacial score (nSPS) is 10.7. The van der Waals surface area contributed by atoms with Crippen LogP contribution in [0, 0.1) is 28.7 Å². The molecule has 3 aromatic rings. The molecule has 0 aliphatic heterocycles. The van der Waals surface area contributed by atoms with Crippen molar-refractivity contribution in [3.63, 3.8) is 0 Å². The van der Waals surface area contributed by atoms with Crippen molar-refractivity contribution in [3.8, 4) is 22.6 Å². The Balaban J connectivity index is 2.07. The second-order valence-corrected chi connectivity index (χ2v) is 7.76. The molecule has 0 aliphatic carbocycles. The second-order valence-electron chi connectivity index (χ2n) is 6.90. The number of ether oxygens (including phenoxy) is 2. The van der Waals surface area contributed by atoms with Gasteiger partial charge in [0.05, 0.1) is 16.0 Å². The van der Waals surface area contributed by atoms with Gasteiger partial charge in [0.2, 0.25) is 0 Å². The summed E-state index contributed by atoms with van der Waals surface area (Å²) in [5.41, 5.74) is 0.816. The molecule has 0 bridgehead atoms. The van der Waals surface area contributed by atoms with E-state index in [0.717, 1.165) is 12.1 Å². The Morgan fingerprint density at radius 1 is 1.12 bits per heavy atom. The van der Waals surface area contributed by atoms with Crippen molar-refractivity contribution >= 4 is 27.6 Å². The second kappa shape index (κ2) is 9.86. The lowest BCUT2D eigenvalue weighted by molar-refractivity contribution is -0.385. The topological polar surface area (TPSA) is 78.7 Å². The van der Waals surface area contributed by atoms with E-state index in [-0.39, 0.29) is 34.9 Å². The fraction of sp³-hybridized carbons (Fsp3) is 0.174. The van der Waals surface area contributed by atoms with E-state index in [1.54, 1.807) is 6.92 Å². The van der Waals surface area contributed by atoms with E-state index in [4.69, 9.17) is 9.47 Å². The third-order valence-corrected chi connectivity index (χ3v) is 5.10. The van der Waals surface area contributed by atoms with Crippen LogP contribution in [0.4, 0.5) is 14.5 Å². The van der Waals surface area contributed by atoms with Gasteiger partial charge >= 0.3 is 5.97 Å². The van der Waals surface area contributed by atoms with Gasteiger partial charge in [-0.3, -0.25) is 10.1 Å². The van der Waals surface area contributed by atoms with Crippen LogP contribution in [0.1, 0.15) is 29.3 Å². The molecule has 0 unspecified atom stereocenters. The first-order valence-corrected chi connectivity index (χ1v) is 10.4. The summed E-state index contributed by atoms with van der Waals surface area (Å²) < 4.78 is 39.1. The van der Waals surface area contributed by atoms with Crippen molar-refractivity contribution in [2.24, 2.45) is 0 Å². The lowest BCUT2D eigenvalue weighted by Gasteiger charge is -2.15. The van der Waals surface area contributed by atoms with Crippen LogP contribution in [-0.4, -0.2) is 17.5 Å². The van der Waals surface area contributed by atoms with Crippen molar-refractivity contribution in [1.82, 2.24) is 0 Å². The smallest absolute Gasteiger partial charge is 0.341 e. The SMILES string of the molecule is CCCOC(=O)c1cc(-c2ccc(F)cc2F)ccc1Oc1c(C)cc([N+](=O)[O-])cc1Br. The zero-order valence-electron chi connectivity index (χ0n) is 17.2. The minimum absolute atomic E-state index is 0.0318. The van der Waals surface area contributed by atoms with Gasteiger partial charge < -0.3 is 9.47 Å². The number of hydrogen-bond donors (Lipinski definition) is 0. The monoisotopic (exact) mass is 505 g/mol. The Morgan fingerprint density at radius 3 is 2.50 bits per heavy atom. The molecule has 3 rings (SSSR count). The fourth-order valence-electron chi connectivity index (χ4n) is 3.00. The number of rotatable bonds is 7. The number of aryl methyl sites for hydroxylation is 1. The molecule has 0 aliphatic rings. The highest BCUT2D eigenvalue weighted by atomic mass is 79.9. The van der Waals surface area contributed by atoms with E-state index in [0.29, 0.717) is 22.0 Å². The van der Waals surface area contributed by atoms with Crippen molar-refractivity contribution in [2.45, 2.75) is 20.3 Å². The molecule has 0 fully saturated rings. The molecule has 0 spiro atoms. The number of nitro benzene ring substituents is 1. The molecular formula is C23H18BrF2NO5. The Morgan fingerprint density at radius 2 is 1.88 bits per heavy atom. The summed E-state index contributed by atoms with van der Waals surface area (Å²) in [7, 11) is 0. The molecule has 32 heavy (non-hydrogen) atoms. The molecule has 0 radical (unpaired) electrons. The Bertz CT molecular complexity index is 1180. The number of benzene rings is 3. The third-order valence-electron chi connectivity index (χ3n) is 4.52. The number of nitrogens with zero attached hydrogens (tertiary/aromatic N) is 1. The molecule has 0 heterocycles. The molecule has 0 saturated heterocycles.